The minimum Gasteiger partial charge on any atom is -0.311 e. The summed E-state index contributed by atoms with van der Waals surface area (Å²) in [5, 5.41) is 3.29. The zero-order chi connectivity index (χ0) is 5.11. The summed E-state index contributed by atoms with van der Waals surface area (Å²) in [6.07, 6.45) is 4.64. The van der Waals surface area contributed by atoms with Crippen LogP contribution in [0, 0.1) is 0 Å². The lowest BCUT2D eigenvalue weighted by molar-refractivity contribution is 0.754. The van der Waals surface area contributed by atoms with Gasteiger partial charge in [-0.3, -0.25) is 0 Å². The van der Waals surface area contributed by atoms with Crippen molar-refractivity contribution in [1.82, 2.24) is 5.32 Å². The van der Waals surface area contributed by atoms with Gasteiger partial charge in [-0.25, -0.2) is 0 Å². The summed E-state index contributed by atoms with van der Waals surface area (Å²) in [4.78, 5) is 0. The van der Waals surface area contributed by atoms with Crippen molar-refractivity contribution in [2.45, 2.75) is 18.9 Å². The minimum atomic E-state index is 0.831. The molecule has 1 aliphatic rings. The van der Waals surface area contributed by atoms with Gasteiger partial charge in [0.1, 0.15) is 0 Å². The Morgan fingerprint density at radius 3 is 2.86 bits per heavy atom. The first kappa shape index (κ1) is 4.85. The van der Waals surface area contributed by atoms with E-state index in [0.29, 0.717) is 0 Å². The van der Waals surface area contributed by atoms with Gasteiger partial charge in [-0.05, 0) is 12.8 Å². The second kappa shape index (κ2) is 2.12. The molecule has 0 bridgehead atoms. The van der Waals surface area contributed by atoms with Crippen molar-refractivity contribution in [2.24, 2.45) is 0 Å². The van der Waals surface area contributed by atoms with Crippen molar-refractivity contribution in [3.8, 4) is 0 Å². The minimum absolute atomic E-state index is 0.831. The Bertz CT molecular complexity index is 64.6. The van der Waals surface area contributed by atoms with Gasteiger partial charge in [0.2, 0.25) is 0 Å². The average Bonchev–Trinajstić information content (AvgIpc) is 2.42. The Labute approximate surface area is 44.4 Å². The zero-order valence-electron chi connectivity index (χ0n) is 4.48. The van der Waals surface area contributed by atoms with E-state index in [4.69, 9.17) is 0 Å². The summed E-state index contributed by atoms with van der Waals surface area (Å²) < 4.78 is 0. The third-order valence-electron chi connectivity index (χ3n) is 1.13. The summed E-state index contributed by atoms with van der Waals surface area (Å²) in [5.41, 5.74) is 0. The molecule has 7 heavy (non-hydrogen) atoms. The van der Waals surface area contributed by atoms with E-state index in [1.165, 1.54) is 12.8 Å². The van der Waals surface area contributed by atoms with E-state index < -0.39 is 0 Å². The fourth-order valence-electron chi connectivity index (χ4n) is 0.537. The third kappa shape index (κ3) is 1.74. The summed E-state index contributed by atoms with van der Waals surface area (Å²) in [6.45, 7) is 4.57. The molecule has 1 saturated carbocycles. The van der Waals surface area contributed by atoms with Crippen LogP contribution in [-0.4, -0.2) is 12.6 Å². The van der Waals surface area contributed by atoms with Crippen LogP contribution in [-0.2, 0) is 0 Å². The monoisotopic (exact) mass is 97.1 g/mol. The topological polar surface area (TPSA) is 12.0 Å². The standard InChI is InChI=1S/C6H11N/c1-2-5-7-6-3-4-6/h2,6-7H,1,3-5H2. The Morgan fingerprint density at radius 1 is 1.71 bits per heavy atom. The Kier molecular flexibility index (Phi) is 1.47. The largest absolute Gasteiger partial charge is 0.311 e. The molecule has 0 aromatic rings. The van der Waals surface area contributed by atoms with Gasteiger partial charge in [0.05, 0.1) is 0 Å². The number of hydrogen-bond donors (Lipinski definition) is 1. The van der Waals surface area contributed by atoms with Crippen molar-refractivity contribution < 1.29 is 0 Å². The molecule has 0 amide bonds. The molecule has 1 N–H and O–H groups in total. The van der Waals surface area contributed by atoms with Crippen molar-refractivity contribution in [1.29, 1.82) is 0 Å². The first-order valence-corrected chi connectivity index (χ1v) is 2.78. The highest BCUT2D eigenvalue weighted by atomic mass is 14.9. The van der Waals surface area contributed by atoms with Gasteiger partial charge in [0.15, 0.2) is 0 Å². The maximum Gasteiger partial charge on any atom is 0.0134 e. The van der Waals surface area contributed by atoms with Crippen molar-refractivity contribution in [3.05, 3.63) is 12.7 Å². The molecule has 0 aromatic carbocycles. The second-order valence-electron chi connectivity index (χ2n) is 1.97. The van der Waals surface area contributed by atoms with Crippen molar-refractivity contribution in [2.75, 3.05) is 6.54 Å². The van der Waals surface area contributed by atoms with Crippen LogP contribution in [0.1, 0.15) is 12.8 Å². The Morgan fingerprint density at radius 2 is 2.43 bits per heavy atom. The fourth-order valence-corrected chi connectivity index (χ4v) is 0.537. The zero-order valence-corrected chi connectivity index (χ0v) is 4.48. The van der Waals surface area contributed by atoms with Crippen LogP contribution in [0.4, 0.5) is 0 Å². The van der Waals surface area contributed by atoms with Gasteiger partial charge in [0, 0.05) is 12.6 Å². The van der Waals surface area contributed by atoms with Gasteiger partial charge < -0.3 is 5.32 Å². The molecule has 0 heterocycles. The predicted molar refractivity (Wildman–Crippen MR) is 31.2 cm³/mol. The van der Waals surface area contributed by atoms with Crippen molar-refractivity contribution in [3.63, 3.8) is 0 Å². The molecule has 0 aliphatic heterocycles. The van der Waals surface area contributed by atoms with Crippen LogP contribution in [0.2, 0.25) is 0 Å². The smallest absolute Gasteiger partial charge is 0.0134 e. The summed E-state index contributed by atoms with van der Waals surface area (Å²) in [7, 11) is 0. The maximum absolute atomic E-state index is 3.60. The van der Waals surface area contributed by atoms with E-state index in [-0.39, 0.29) is 0 Å². The van der Waals surface area contributed by atoms with Crippen LogP contribution in [0.25, 0.3) is 0 Å². The molecule has 0 spiro atoms. The fraction of sp³-hybridized carbons (Fsp3) is 0.667. The molecule has 40 valence electrons. The molecule has 0 saturated heterocycles. The number of hydrogen-bond acceptors (Lipinski definition) is 1. The van der Waals surface area contributed by atoms with Gasteiger partial charge in [-0.1, -0.05) is 6.08 Å². The third-order valence-corrected chi connectivity index (χ3v) is 1.13. The predicted octanol–water partition coefficient (Wildman–Crippen LogP) is 0.924. The molecule has 1 rings (SSSR count). The van der Waals surface area contributed by atoms with Crippen LogP contribution < -0.4 is 5.32 Å². The lowest BCUT2D eigenvalue weighted by Gasteiger charge is -1.91. The molecule has 0 atom stereocenters. The van der Waals surface area contributed by atoms with Crippen LogP contribution in [0.3, 0.4) is 0 Å². The van der Waals surface area contributed by atoms with Crippen molar-refractivity contribution >= 4 is 0 Å². The second-order valence-corrected chi connectivity index (χ2v) is 1.97. The highest BCUT2D eigenvalue weighted by Crippen LogP contribution is 2.17. The normalized spacial score (nSPS) is 19.4. The number of rotatable bonds is 3. The van der Waals surface area contributed by atoms with E-state index in [9.17, 15) is 0 Å². The SMILES string of the molecule is C=CCNC1CC1. The summed E-state index contributed by atoms with van der Waals surface area (Å²) in [6, 6.07) is 0.831. The first-order valence-electron chi connectivity index (χ1n) is 2.78. The molecule has 0 radical (unpaired) electrons. The van der Waals surface area contributed by atoms with Gasteiger partial charge in [-0.15, -0.1) is 6.58 Å². The summed E-state index contributed by atoms with van der Waals surface area (Å²) in [5.74, 6) is 0. The van der Waals surface area contributed by atoms with Gasteiger partial charge in [-0.2, -0.15) is 0 Å². The Hall–Kier alpha value is -0.300. The molecular weight excluding hydrogens is 86.1 g/mol. The molecular formula is C6H11N. The molecule has 0 unspecified atom stereocenters. The molecule has 1 aliphatic carbocycles. The highest BCUT2D eigenvalue weighted by molar-refractivity contribution is 4.84. The summed E-state index contributed by atoms with van der Waals surface area (Å²) >= 11 is 0. The van der Waals surface area contributed by atoms with Crippen LogP contribution >= 0.6 is 0 Å². The quantitative estimate of drug-likeness (QED) is 0.516. The van der Waals surface area contributed by atoms with E-state index in [1.807, 2.05) is 6.08 Å². The molecule has 0 aromatic heterocycles. The van der Waals surface area contributed by atoms with E-state index in [2.05, 4.69) is 11.9 Å². The first-order chi connectivity index (χ1) is 3.43. The Balaban J connectivity index is 1.88. The lowest BCUT2D eigenvalue weighted by atomic mass is 10.6. The van der Waals surface area contributed by atoms with E-state index >= 15 is 0 Å². The number of nitrogens with one attached hydrogen (secondary N) is 1. The molecule has 1 nitrogen and oxygen atoms in total. The van der Waals surface area contributed by atoms with E-state index in [1.54, 1.807) is 0 Å². The molecule has 1 heteroatoms. The lowest BCUT2D eigenvalue weighted by Crippen LogP contribution is -2.14. The van der Waals surface area contributed by atoms with Crippen LogP contribution in [0.5, 0.6) is 0 Å². The van der Waals surface area contributed by atoms with Gasteiger partial charge in [0.25, 0.3) is 0 Å². The highest BCUT2D eigenvalue weighted by Gasteiger charge is 2.18. The average molecular weight is 97.2 g/mol. The van der Waals surface area contributed by atoms with Crippen LogP contribution in [0.15, 0.2) is 12.7 Å². The maximum atomic E-state index is 3.60. The van der Waals surface area contributed by atoms with Gasteiger partial charge >= 0.3 is 0 Å². The van der Waals surface area contributed by atoms with E-state index in [0.717, 1.165) is 12.6 Å². The molecule has 1 fully saturated rings.